The molecule has 0 aromatic heterocycles. The summed E-state index contributed by atoms with van der Waals surface area (Å²) in [7, 11) is 0. The Morgan fingerprint density at radius 1 is 1.56 bits per heavy atom. The first-order valence-corrected chi connectivity index (χ1v) is 7.45. The zero-order chi connectivity index (χ0) is 13.0. The molecule has 0 amide bonds. The van der Waals surface area contributed by atoms with Gasteiger partial charge in [-0.15, -0.1) is 0 Å². The Hall–Kier alpha value is -1.000. The van der Waals surface area contributed by atoms with E-state index in [0.29, 0.717) is 6.10 Å². The van der Waals surface area contributed by atoms with Gasteiger partial charge in [-0.2, -0.15) is 11.8 Å². The molecule has 98 valence electrons. The highest BCUT2D eigenvalue weighted by atomic mass is 32.2. The number of thioether (sulfide) groups is 1. The largest absolute Gasteiger partial charge is 0.384 e. The number of aryl methyl sites for hydroxylation is 1. The van der Waals surface area contributed by atoms with Crippen LogP contribution in [0.4, 0.5) is 0 Å². The molecule has 1 heterocycles. The number of nitrogens with one attached hydrogen (secondary N) is 1. The fraction of sp³-hybridized carbons (Fsp3) is 0.500. The third kappa shape index (κ3) is 3.50. The number of amidine groups is 1. The maximum atomic E-state index is 7.41. The minimum absolute atomic E-state index is 0.136. The summed E-state index contributed by atoms with van der Waals surface area (Å²) in [6.45, 7) is 3.01. The lowest BCUT2D eigenvalue weighted by Crippen LogP contribution is -2.11. The molecule has 2 rings (SSSR count). The summed E-state index contributed by atoms with van der Waals surface area (Å²) in [4.78, 5) is 0. The van der Waals surface area contributed by atoms with E-state index in [0.717, 1.165) is 23.7 Å². The highest BCUT2D eigenvalue weighted by Gasteiger charge is 2.15. The fourth-order valence-corrected chi connectivity index (χ4v) is 3.29. The normalized spacial score (nSPS) is 19.1. The molecule has 1 aliphatic heterocycles. The van der Waals surface area contributed by atoms with E-state index in [1.807, 2.05) is 23.9 Å². The van der Waals surface area contributed by atoms with Gasteiger partial charge in [-0.25, -0.2) is 0 Å². The summed E-state index contributed by atoms with van der Waals surface area (Å²) in [6.07, 6.45) is 2.86. The number of benzene rings is 1. The lowest BCUT2D eigenvalue weighted by Gasteiger charge is -2.10. The first-order valence-electron chi connectivity index (χ1n) is 6.30. The summed E-state index contributed by atoms with van der Waals surface area (Å²) in [5.74, 6) is 2.22. The van der Waals surface area contributed by atoms with Gasteiger partial charge in [0.05, 0.1) is 6.10 Å². The van der Waals surface area contributed by atoms with Gasteiger partial charge >= 0.3 is 0 Å². The van der Waals surface area contributed by atoms with Gasteiger partial charge in [0.1, 0.15) is 5.84 Å². The molecule has 1 saturated heterocycles. The van der Waals surface area contributed by atoms with Crippen LogP contribution in [0, 0.1) is 12.3 Å². The summed E-state index contributed by atoms with van der Waals surface area (Å²) < 4.78 is 5.61. The third-order valence-corrected chi connectivity index (χ3v) is 4.36. The molecule has 1 aliphatic rings. The third-order valence-electron chi connectivity index (χ3n) is 3.24. The Morgan fingerprint density at radius 3 is 3.00 bits per heavy atom. The first-order chi connectivity index (χ1) is 8.66. The van der Waals surface area contributed by atoms with E-state index in [-0.39, 0.29) is 5.84 Å². The zero-order valence-electron chi connectivity index (χ0n) is 10.7. The number of hydrogen-bond donors (Lipinski definition) is 2. The number of ether oxygens (including phenoxy) is 1. The van der Waals surface area contributed by atoms with E-state index in [2.05, 4.69) is 13.0 Å². The molecule has 1 aromatic carbocycles. The molecule has 1 fully saturated rings. The van der Waals surface area contributed by atoms with Crippen molar-refractivity contribution in [2.24, 2.45) is 5.73 Å². The number of nitrogen functional groups attached to an aromatic ring is 1. The molecule has 0 spiro atoms. The average Bonchev–Trinajstić information content (AvgIpc) is 2.84. The lowest BCUT2D eigenvalue weighted by molar-refractivity contribution is 0.129. The van der Waals surface area contributed by atoms with Crippen molar-refractivity contribution in [2.75, 3.05) is 12.4 Å². The van der Waals surface area contributed by atoms with E-state index in [9.17, 15) is 0 Å². The highest BCUT2D eigenvalue weighted by Crippen LogP contribution is 2.22. The molecular weight excluding hydrogens is 244 g/mol. The minimum atomic E-state index is 0.136. The SMILES string of the molecule is Cc1cc(C(=N)N)ccc1CSCC1CCCO1. The van der Waals surface area contributed by atoms with Crippen molar-refractivity contribution < 1.29 is 4.74 Å². The summed E-state index contributed by atoms with van der Waals surface area (Å²) in [5.41, 5.74) is 8.82. The Morgan fingerprint density at radius 2 is 2.39 bits per heavy atom. The molecule has 0 saturated carbocycles. The molecule has 18 heavy (non-hydrogen) atoms. The van der Waals surface area contributed by atoms with Crippen LogP contribution in [-0.2, 0) is 10.5 Å². The van der Waals surface area contributed by atoms with Gasteiger partial charge in [-0.05, 0) is 37.0 Å². The van der Waals surface area contributed by atoms with Crippen LogP contribution < -0.4 is 5.73 Å². The Balaban J connectivity index is 1.87. The average molecular weight is 264 g/mol. The van der Waals surface area contributed by atoms with Crippen LogP contribution in [0.2, 0.25) is 0 Å². The monoisotopic (exact) mass is 264 g/mol. The molecular formula is C14H20N2OS. The van der Waals surface area contributed by atoms with Crippen LogP contribution in [0.5, 0.6) is 0 Å². The van der Waals surface area contributed by atoms with Crippen LogP contribution >= 0.6 is 11.8 Å². The second kappa shape index (κ2) is 6.25. The van der Waals surface area contributed by atoms with Crippen molar-refractivity contribution >= 4 is 17.6 Å². The predicted octanol–water partition coefficient (Wildman–Crippen LogP) is 2.69. The van der Waals surface area contributed by atoms with Crippen molar-refractivity contribution in [3.63, 3.8) is 0 Å². The van der Waals surface area contributed by atoms with Gasteiger partial charge in [0.2, 0.25) is 0 Å². The molecule has 1 unspecified atom stereocenters. The van der Waals surface area contributed by atoms with Gasteiger partial charge < -0.3 is 10.5 Å². The Labute approximate surface area is 113 Å². The van der Waals surface area contributed by atoms with Crippen LogP contribution in [0.3, 0.4) is 0 Å². The lowest BCUT2D eigenvalue weighted by atomic mass is 10.1. The molecule has 1 atom stereocenters. The predicted molar refractivity (Wildman–Crippen MR) is 77.3 cm³/mol. The van der Waals surface area contributed by atoms with Crippen molar-refractivity contribution in [1.29, 1.82) is 5.41 Å². The van der Waals surface area contributed by atoms with Gasteiger partial charge in [0, 0.05) is 23.7 Å². The zero-order valence-corrected chi connectivity index (χ0v) is 11.6. The molecule has 0 bridgehead atoms. The minimum Gasteiger partial charge on any atom is -0.384 e. The quantitative estimate of drug-likeness (QED) is 0.635. The molecule has 1 aromatic rings. The van der Waals surface area contributed by atoms with Crippen LogP contribution in [0.15, 0.2) is 18.2 Å². The second-order valence-corrected chi connectivity index (χ2v) is 5.74. The summed E-state index contributed by atoms with van der Waals surface area (Å²) in [5, 5.41) is 7.41. The Kier molecular flexibility index (Phi) is 4.66. The molecule has 4 heteroatoms. The second-order valence-electron chi connectivity index (χ2n) is 4.71. The van der Waals surface area contributed by atoms with E-state index < -0.39 is 0 Å². The highest BCUT2D eigenvalue weighted by molar-refractivity contribution is 7.98. The van der Waals surface area contributed by atoms with Crippen LogP contribution in [0.25, 0.3) is 0 Å². The van der Waals surface area contributed by atoms with Crippen LogP contribution in [0.1, 0.15) is 29.5 Å². The van der Waals surface area contributed by atoms with Gasteiger partial charge in [-0.3, -0.25) is 5.41 Å². The molecule has 3 N–H and O–H groups in total. The maximum absolute atomic E-state index is 7.41. The Bertz CT molecular complexity index is 428. The number of hydrogen-bond acceptors (Lipinski definition) is 3. The summed E-state index contributed by atoms with van der Waals surface area (Å²) >= 11 is 1.92. The molecule has 3 nitrogen and oxygen atoms in total. The summed E-state index contributed by atoms with van der Waals surface area (Å²) in [6, 6.07) is 6.00. The maximum Gasteiger partial charge on any atom is 0.122 e. The van der Waals surface area contributed by atoms with E-state index >= 15 is 0 Å². The van der Waals surface area contributed by atoms with E-state index in [4.69, 9.17) is 15.9 Å². The fourth-order valence-electron chi connectivity index (χ4n) is 2.10. The molecule has 0 aliphatic carbocycles. The van der Waals surface area contributed by atoms with Gasteiger partial charge in [0.15, 0.2) is 0 Å². The smallest absolute Gasteiger partial charge is 0.122 e. The number of nitrogens with two attached hydrogens (primary N) is 1. The molecule has 0 radical (unpaired) electrons. The van der Waals surface area contributed by atoms with Crippen LogP contribution in [-0.4, -0.2) is 24.3 Å². The van der Waals surface area contributed by atoms with E-state index in [1.54, 1.807) is 0 Å². The van der Waals surface area contributed by atoms with Crippen molar-refractivity contribution in [3.05, 3.63) is 34.9 Å². The number of rotatable bonds is 5. The van der Waals surface area contributed by atoms with Crippen molar-refractivity contribution in [3.8, 4) is 0 Å². The standard InChI is InChI=1S/C14H20N2OS/c1-10-7-11(14(15)16)4-5-12(10)8-18-9-13-3-2-6-17-13/h4-5,7,13H,2-3,6,8-9H2,1H3,(H3,15,16). The first kappa shape index (κ1) is 13.4. The van der Waals surface area contributed by atoms with Crippen molar-refractivity contribution in [2.45, 2.75) is 31.6 Å². The van der Waals surface area contributed by atoms with E-state index in [1.165, 1.54) is 24.0 Å². The van der Waals surface area contributed by atoms with Gasteiger partial charge in [0.25, 0.3) is 0 Å². The topological polar surface area (TPSA) is 59.1 Å². The van der Waals surface area contributed by atoms with Crippen molar-refractivity contribution in [1.82, 2.24) is 0 Å². The van der Waals surface area contributed by atoms with Gasteiger partial charge in [-0.1, -0.05) is 12.1 Å².